The molecule has 0 unspecified atom stereocenters. The van der Waals surface area contributed by atoms with Crippen LogP contribution < -0.4 is 5.32 Å². The van der Waals surface area contributed by atoms with Crippen molar-refractivity contribution in [2.75, 3.05) is 13.2 Å². The van der Waals surface area contributed by atoms with Gasteiger partial charge in [-0.05, 0) is 51.3 Å². The average molecular weight is 275 g/mol. The third-order valence-corrected chi connectivity index (χ3v) is 2.91. The zero-order valence-electron chi connectivity index (χ0n) is 12.9. The number of hydrogen-bond acceptors (Lipinski definition) is 2. The van der Waals surface area contributed by atoms with Gasteiger partial charge in [-0.2, -0.15) is 0 Å². The number of aryl methyl sites for hydroxylation is 2. The van der Waals surface area contributed by atoms with Gasteiger partial charge in [0, 0.05) is 19.2 Å². The van der Waals surface area contributed by atoms with Crippen molar-refractivity contribution < 1.29 is 9.53 Å². The molecule has 0 saturated carbocycles. The summed E-state index contributed by atoms with van der Waals surface area (Å²) < 4.78 is 5.41. The summed E-state index contributed by atoms with van der Waals surface area (Å²) in [5.74, 6) is -0.0606. The van der Waals surface area contributed by atoms with Gasteiger partial charge < -0.3 is 10.1 Å². The Kier molecular flexibility index (Phi) is 7.02. The average Bonchev–Trinajstić information content (AvgIpc) is 2.37. The van der Waals surface area contributed by atoms with E-state index in [2.05, 4.69) is 18.3 Å². The first-order chi connectivity index (χ1) is 9.49. The first-order valence-electron chi connectivity index (χ1n) is 7.14. The van der Waals surface area contributed by atoms with E-state index >= 15 is 0 Å². The largest absolute Gasteiger partial charge is 0.379 e. The van der Waals surface area contributed by atoms with Gasteiger partial charge in [-0.25, -0.2) is 0 Å². The molecule has 20 heavy (non-hydrogen) atoms. The molecule has 110 valence electrons. The van der Waals surface area contributed by atoms with Crippen LogP contribution in [0.2, 0.25) is 0 Å². The Morgan fingerprint density at radius 3 is 2.75 bits per heavy atom. The molecule has 1 aromatic carbocycles. The van der Waals surface area contributed by atoms with Crippen molar-refractivity contribution in [3.63, 3.8) is 0 Å². The molecule has 0 aliphatic carbocycles. The second-order valence-electron chi connectivity index (χ2n) is 5.26. The van der Waals surface area contributed by atoms with Crippen LogP contribution in [0.25, 0.3) is 6.08 Å². The third kappa shape index (κ3) is 6.53. The zero-order valence-corrected chi connectivity index (χ0v) is 12.9. The van der Waals surface area contributed by atoms with E-state index in [1.165, 1.54) is 11.1 Å². The van der Waals surface area contributed by atoms with Crippen molar-refractivity contribution in [3.05, 3.63) is 41.0 Å². The highest BCUT2D eigenvalue weighted by atomic mass is 16.5. The molecule has 0 bridgehead atoms. The molecule has 0 heterocycles. The molecule has 0 atom stereocenters. The molecule has 3 heteroatoms. The molecule has 0 aromatic heterocycles. The molecule has 1 rings (SSSR count). The summed E-state index contributed by atoms with van der Waals surface area (Å²) in [6, 6.07) is 6.19. The standard InChI is InChI=1S/C17H25NO2/c1-13(2)20-11-5-10-18-17(19)9-8-16-7-6-14(3)12-15(16)4/h6-9,12-13H,5,10-11H2,1-4H3,(H,18,19)/b9-8+. The highest BCUT2D eigenvalue weighted by Gasteiger charge is 1.98. The van der Waals surface area contributed by atoms with Crippen LogP contribution in [0.5, 0.6) is 0 Å². The molecule has 0 saturated heterocycles. The van der Waals surface area contributed by atoms with E-state index in [0.717, 1.165) is 12.0 Å². The second kappa shape index (κ2) is 8.54. The fourth-order valence-electron chi connectivity index (χ4n) is 1.84. The van der Waals surface area contributed by atoms with Gasteiger partial charge in [0.05, 0.1) is 6.10 Å². The van der Waals surface area contributed by atoms with E-state index in [1.54, 1.807) is 6.08 Å². The molecule has 0 aliphatic heterocycles. The van der Waals surface area contributed by atoms with Crippen molar-refractivity contribution in [1.82, 2.24) is 5.32 Å². The van der Waals surface area contributed by atoms with E-state index in [-0.39, 0.29) is 12.0 Å². The lowest BCUT2D eigenvalue weighted by atomic mass is 10.1. The highest BCUT2D eigenvalue weighted by Crippen LogP contribution is 2.11. The van der Waals surface area contributed by atoms with E-state index in [4.69, 9.17) is 4.74 Å². The number of rotatable bonds is 7. The van der Waals surface area contributed by atoms with E-state index in [9.17, 15) is 4.79 Å². The van der Waals surface area contributed by atoms with Crippen molar-refractivity contribution in [3.8, 4) is 0 Å². The molecular weight excluding hydrogens is 250 g/mol. The maximum Gasteiger partial charge on any atom is 0.244 e. The van der Waals surface area contributed by atoms with Crippen LogP contribution in [0.4, 0.5) is 0 Å². The van der Waals surface area contributed by atoms with Crippen LogP contribution in [0, 0.1) is 13.8 Å². The SMILES string of the molecule is Cc1ccc(/C=C/C(=O)NCCCOC(C)C)c(C)c1. The van der Waals surface area contributed by atoms with Gasteiger partial charge in [0.25, 0.3) is 0 Å². The topological polar surface area (TPSA) is 38.3 Å². The van der Waals surface area contributed by atoms with Gasteiger partial charge in [0.1, 0.15) is 0 Å². The van der Waals surface area contributed by atoms with Crippen LogP contribution in [-0.2, 0) is 9.53 Å². The Morgan fingerprint density at radius 2 is 2.10 bits per heavy atom. The lowest BCUT2D eigenvalue weighted by molar-refractivity contribution is -0.116. The zero-order chi connectivity index (χ0) is 15.0. The summed E-state index contributed by atoms with van der Waals surface area (Å²) in [5.41, 5.74) is 3.49. The molecule has 1 aromatic rings. The van der Waals surface area contributed by atoms with Crippen molar-refractivity contribution >= 4 is 12.0 Å². The van der Waals surface area contributed by atoms with Crippen molar-refractivity contribution in [2.45, 2.75) is 40.2 Å². The molecule has 0 fully saturated rings. The molecule has 1 amide bonds. The lowest BCUT2D eigenvalue weighted by Crippen LogP contribution is -2.23. The minimum Gasteiger partial charge on any atom is -0.379 e. The maximum atomic E-state index is 11.7. The molecule has 0 aliphatic rings. The summed E-state index contributed by atoms with van der Waals surface area (Å²) in [7, 11) is 0. The lowest BCUT2D eigenvalue weighted by Gasteiger charge is -2.07. The van der Waals surface area contributed by atoms with E-state index in [0.29, 0.717) is 13.2 Å². The Morgan fingerprint density at radius 1 is 1.35 bits per heavy atom. The van der Waals surface area contributed by atoms with Gasteiger partial charge in [0.15, 0.2) is 0 Å². The third-order valence-electron chi connectivity index (χ3n) is 2.91. The Balaban J connectivity index is 2.33. The van der Waals surface area contributed by atoms with Gasteiger partial charge in [0.2, 0.25) is 5.91 Å². The summed E-state index contributed by atoms with van der Waals surface area (Å²) in [6.45, 7) is 9.44. The first kappa shape index (κ1) is 16.4. The molecular formula is C17H25NO2. The van der Waals surface area contributed by atoms with Crippen LogP contribution in [-0.4, -0.2) is 25.2 Å². The smallest absolute Gasteiger partial charge is 0.244 e. The second-order valence-corrected chi connectivity index (χ2v) is 5.26. The van der Waals surface area contributed by atoms with Crippen molar-refractivity contribution in [2.24, 2.45) is 0 Å². The Hall–Kier alpha value is -1.61. The normalized spacial score (nSPS) is 11.2. The van der Waals surface area contributed by atoms with E-state index < -0.39 is 0 Å². The minimum atomic E-state index is -0.0606. The van der Waals surface area contributed by atoms with Crippen LogP contribution in [0.3, 0.4) is 0 Å². The van der Waals surface area contributed by atoms with Gasteiger partial charge in [-0.15, -0.1) is 0 Å². The summed E-state index contributed by atoms with van der Waals surface area (Å²) in [6.07, 6.45) is 4.52. The summed E-state index contributed by atoms with van der Waals surface area (Å²) in [5, 5.41) is 2.85. The monoisotopic (exact) mass is 275 g/mol. The fourth-order valence-corrected chi connectivity index (χ4v) is 1.84. The number of hydrogen-bond donors (Lipinski definition) is 1. The minimum absolute atomic E-state index is 0.0606. The van der Waals surface area contributed by atoms with Gasteiger partial charge >= 0.3 is 0 Å². The number of amides is 1. The van der Waals surface area contributed by atoms with Gasteiger partial charge in [-0.1, -0.05) is 23.8 Å². The Bertz CT molecular complexity index is 464. The van der Waals surface area contributed by atoms with Crippen LogP contribution in [0.15, 0.2) is 24.3 Å². The molecule has 1 N–H and O–H groups in total. The number of ether oxygens (including phenoxy) is 1. The van der Waals surface area contributed by atoms with Crippen LogP contribution in [0.1, 0.15) is 37.0 Å². The van der Waals surface area contributed by atoms with Crippen LogP contribution >= 0.6 is 0 Å². The number of nitrogens with one attached hydrogen (secondary N) is 1. The summed E-state index contributed by atoms with van der Waals surface area (Å²) >= 11 is 0. The summed E-state index contributed by atoms with van der Waals surface area (Å²) in [4.78, 5) is 11.7. The first-order valence-corrected chi connectivity index (χ1v) is 7.14. The molecule has 0 radical (unpaired) electrons. The molecule has 3 nitrogen and oxygen atoms in total. The predicted octanol–water partition coefficient (Wildman–Crippen LogP) is 3.25. The Labute approximate surface area is 122 Å². The van der Waals surface area contributed by atoms with Crippen molar-refractivity contribution in [1.29, 1.82) is 0 Å². The predicted molar refractivity (Wildman–Crippen MR) is 83.7 cm³/mol. The van der Waals surface area contributed by atoms with Gasteiger partial charge in [-0.3, -0.25) is 4.79 Å². The number of carbonyl (C=O) groups excluding carboxylic acids is 1. The number of carbonyl (C=O) groups is 1. The maximum absolute atomic E-state index is 11.7. The number of benzene rings is 1. The van der Waals surface area contributed by atoms with E-state index in [1.807, 2.05) is 39.0 Å². The highest BCUT2D eigenvalue weighted by molar-refractivity contribution is 5.91. The molecule has 0 spiro atoms. The fraction of sp³-hybridized carbons (Fsp3) is 0.471. The quantitative estimate of drug-likeness (QED) is 0.613.